The Morgan fingerprint density at radius 1 is 0.370 bits per heavy atom. The summed E-state index contributed by atoms with van der Waals surface area (Å²) in [7, 11) is 0. The number of nitrogens with one attached hydrogen (secondary N) is 4. The van der Waals surface area contributed by atoms with Crippen LogP contribution in [-0.4, -0.2) is 23.6 Å². The number of halogens is 8. The molecule has 0 fully saturated rings. The SMILES string of the molecule is O=C1NCc2c(F)c(F)c(c(F)c2F)CNC(=O)c2ccc(o2)C(=O)NCc2c(F)c(F)c(c(F)c2F)CNC(=O)c2ccc1o2. The molecule has 0 saturated carbocycles. The first kappa shape index (κ1) is 31.7. The van der Waals surface area contributed by atoms with Crippen molar-refractivity contribution in [2.75, 3.05) is 0 Å². The van der Waals surface area contributed by atoms with Gasteiger partial charge in [0, 0.05) is 48.4 Å². The predicted octanol–water partition coefficient (Wildman–Crippen LogP) is 4.02. The maximum Gasteiger partial charge on any atom is 0.287 e. The van der Waals surface area contributed by atoms with Crippen molar-refractivity contribution < 1.29 is 63.1 Å². The fourth-order valence-electron chi connectivity index (χ4n) is 4.25. The van der Waals surface area contributed by atoms with Gasteiger partial charge in [0.05, 0.1) is 0 Å². The van der Waals surface area contributed by atoms with Crippen LogP contribution in [-0.2, 0) is 26.2 Å². The molecule has 46 heavy (non-hydrogen) atoms. The Labute approximate surface area is 250 Å². The minimum Gasteiger partial charge on any atom is -0.446 e. The molecule has 4 aliphatic heterocycles. The largest absolute Gasteiger partial charge is 0.446 e. The molecule has 2 aromatic heterocycles. The average molecular weight is 656 g/mol. The highest BCUT2D eigenvalue weighted by Crippen LogP contribution is 2.26. The summed E-state index contributed by atoms with van der Waals surface area (Å²) < 4.78 is 128. The third-order valence-electron chi connectivity index (χ3n) is 6.70. The summed E-state index contributed by atoms with van der Waals surface area (Å²) >= 11 is 0. The van der Waals surface area contributed by atoms with Gasteiger partial charge >= 0.3 is 0 Å². The molecular weight excluding hydrogens is 640 g/mol. The van der Waals surface area contributed by atoms with Crippen molar-refractivity contribution in [1.29, 1.82) is 0 Å². The van der Waals surface area contributed by atoms with Gasteiger partial charge in [-0.15, -0.1) is 0 Å². The van der Waals surface area contributed by atoms with Gasteiger partial charge in [0.15, 0.2) is 69.6 Å². The van der Waals surface area contributed by atoms with E-state index in [1.165, 1.54) is 0 Å². The number of hydrogen-bond donors (Lipinski definition) is 4. The van der Waals surface area contributed by atoms with Crippen LogP contribution in [0.3, 0.4) is 0 Å². The number of rotatable bonds is 0. The number of carbonyl (C=O) groups is 4. The minimum absolute atomic E-state index is 0.658. The Morgan fingerprint density at radius 2 is 0.543 bits per heavy atom. The molecule has 2 aromatic carbocycles. The lowest BCUT2D eigenvalue weighted by Gasteiger charge is -2.13. The first-order chi connectivity index (χ1) is 21.8. The van der Waals surface area contributed by atoms with Gasteiger partial charge in [-0.1, -0.05) is 0 Å². The second-order valence-electron chi connectivity index (χ2n) is 9.48. The lowest BCUT2D eigenvalue weighted by Crippen LogP contribution is -2.28. The number of benzene rings is 2. The summed E-state index contributed by atoms with van der Waals surface area (Å²) in [4.78, 5) is 49.7. The van der Waals surface area contributed by atoms with Gasteiger partial charge < -0.3 is 30.1 Å². The molecule has 18 heteroatoms. The van der Waals surface area contributed by atoms with E-state index in [0.29, 0.717) is 0 Å². The maximum absolute atomic E-state index is 14.7. The molecular formula is C28H16F8N4O6. The molecule has 0 unspecified atom stereocenters. The van der Waals surface area contributed by atoms with E-state index in [9.17, 15) is 54.3 Å². The van der Waals surface area contributed by atoms with Crippen molar-refractivity contribution in [3.8, 4) is 0 Å². The maximum atomic E-state index is 14.7. The molecule has 8 rings (SSSR count). The molecule has 0 saturated heterocycles. The zero-order valence-corrected chi connectivity index (χ0v) is 22.6. The van der Waals surface area contributed by atoms with E-state index in [4.69, 9.17) is 8.83 Å². The number of carbonyl (C=O) groups excluding carboxylic acids is 4. The normalized spacial score (nSPS) is 14.6. The standard InChI is InChI=1S/C28H16F8N4O6/c29-17-9-5-37-25(41)13-1-2-14(45-13)26(42)38-6-10-19(31)23(35)12(24(36)20(10)32)8-40-28(44)16-4-3-15(46-16)27(43)39-7-11(21(17)33)22(34)18(9)30/h1-4H,5-8H2,(H,37,41)(H,38,42)(H,39,43)(H,40,44). The van der Waals surface area contributed by atoms with Crippen molar-refractivity contribution in [3.63, 3.8) is 0 Å². The summed E-state index contributed by atoms with van der Waals surface area (Å²) in [6.45, 7) is -4.49. The van der Waals surface area contributed by atoms with E-state index in [2.05, 4.69) is 0 Å². The van der Waals surface area contributed by atoms with E-state index >= 15 is 0 Å². The van der Waals surface area contributed by atoms with Crippen molar-refractivity contribution in [2.24, 2.45) is 0 Å². The molecule has 4 aromatic rings. The summed E-state index contributed by atoms with van der Waals surface area (Å²) in [5.74, 6) is -22.7. The first-order valence-corrected chi connectivity index (χ1v) is 12.8. The topological polar surface area (TPSA) is 143 Å². The molecule has 4 amide bonds. The van der Waals surface area contributed by atoms with Crippen LogP contribution in [0.1, 0.15) is 64.5 Å². The van der Waals surface area contributed by atoms with Crippen LogP contribution in [0.4, 0.5) is 35.1 Å². The zero-order valence-electron chi connectivity index (χ0n) is 22.6. The van der Waals surface area contributed by atoms with Crippen molar-refractivity contribution in [3.05, 3.63) is 116 Å². The molecule has 0 spiro atoms. The molecule has 6 heterocycles. The number of hydrogen-bond acceptors (Lipinski definition) is 6. The molecule has 8 bridgehead atoms. The fourth-order valence-corrected chi connectivity index (χ4v) is 4.25. The van der Waals surface area contributed by atoms with Crippen LogP contribution in [0.15, 0.2) is 33.1 Å². The van der Waals surface area contributed by atoms with Crippen molar-refractivity contribution >= 4 is 23.6 Å². The molecule has 0 radical (unpaired) electrons. The molecule has 4 N–H and O–H groups in total. The quantitative estimate of drug-likeness (QED) is 0.167. The average Bonchev–Trinajstić information content (AvgIpc) is 3.73. The highest BCUT2D eigenvalue weighted by Gasteiger charge is 2.29. The smallest absolute Gasteiger partial charge is 0.287 e. The summed E-state index contributed by atoms with van der Waals surface area (Å²) in [6.07, 6.45) is 0. The zero-order chi connectivity index (χ0) is 33.4. The van der Waals surface area contributed by atoms with Gasteiger partial charge in [-0.2, -0.15) is 0 Å². The van der Waals surface area contributed by atoms with Crippen LogP contribution in [0.25, 0.3) is 0 Å². The van der Waals surface area contributed by atoms with Gasteiger partial charge in [0.2, 0.25) is 0 Å². The van der Waals surface area contributed by atoms with Gasteiger partial charge in [0.1, 0.15) is 0 Å². The van der Waals surface area contributed by atoms with Crippen LogP contribution in [0.2, 0.25) is 0 Å². The van der Waals surface area contributed by atoms with Crippen LogP contribution in [0, 0.1) is 46.5 Å². The van der Waals surface area contributed by atoms with Gasteiger partial charge in [0.25, 0.3) is 23.6 Å². The summed E-state index contributed by atoms with van der Waals surface area (Å²) in [6, 6.07) is 3.56. The molecule has 0 atom stereocenters. The van der Waals surface area contributed by atoms with Crippen LogP contribution >= 0.6 is 0 Å². The molecule has 10 nitrogen and oxygen atoms in total. The fraction of sp³-hybridized carbons (Fsp3) is 0.143. The second kappa shape index (κ2) is 12.4. The minimum atomic E-state index is -1.90. The van der Waals surface area contributed by atoms with Gasteiger partial charge in [-0.25, -0.2) is 35.1 Å². The summed E-state index contributed by atoms with van der Waals surface area (Å²) in [5, 5.41) is 7.71. The highest BCUT2D eigenvalue weighted by atomic mass is 19.2. The lowest BCUT2D eigenvalue weighted by molar-refractivity contribution is 0.0881. The second-order valence-corrected chi connectivity index (χ2v) is 9.48. The van der Waals surface area contributed by atoms with E-state index in [-0.39, 0.29) is 0 Å². The van der Waals surface area contributed by atoms with E-state index in [1.54, 1.807) is 0 Å². The Balaban J connectivity index is 1.49. The Morgan fingerprint density at radius 3 is 0.717 bits per heavy atom. The van der Waals surface area contributed by atoms with Crippen LogP contribution in [0.5, 0.6) is 0 Å². The number of amides is 4. The Kier molecular flexibility index (Phi) is 8.53. The van der Waals surface area contributed by atoms with Gasteiger partial charge in [-0.3, -0.25) is 19.2 Å². The predicted molar refractivity (Wildman–Crippen MR) is 135 cm³/mol. The van der Waals surface area contributed by atoms with E-state index in [0.717, 1.165) is 24.3 Å². The van der Waals surface area contributed by atoms with Gasteiger partial charge in [-0.05, 0) is 24.3 Å². The third-order valence-corrected chi connectivity index (χ3v) is 6.70. The first-order valence-electron chi connectivity index (χ1n) is 12.8. The molecule has 0 aliphatic carbocycles. The highest BCUT2D eigenvalue weighted by molar-refractivity contribution is 5.96. The van der Waals surface area contributed by atoms with Crippen molar-refractivity contribution in [1.82, 2.24) is 21.3 Å². The lowest BCUT2D eigenvalue weighted by atomic mass is 10.1. The molecule has 240 valence electrons. The Hall–Kier alpha value is -5.68. The van der Waals surface area contributed by atoms with Crippen LogP contribution < -0.4 is 21.3 Å². The van der Waals surface area contributed by atoms with E-state index < -0.39 is 142 Å². The third kappa shape index (κ3) is 5.75. The monoisotopic (exact) mass is 656 g/mol. The summed E-state index contributed by atoms with van der Waals surface area (Å²) in [5.41, 5.74) is -5.00. The number of furan rings is 2. The molecule has 4 aliphatic rings. The van der Waals surface area contributed by atoms with Crippen molar-refractivity contribution in [2.45, 2.75) is 26.2 Å². The Bertz CT molecular complexity index is 1610. The van der Waals surface area contributed by atoms with E-state index in [1.807, 2.05) is 21.3 Å².